The molecule has 0 saturated heterocycles. The molecule has 2 heteroatoms. The summed E-state index contributed by atoms with van der Waals surface area (Å²) < 4.78 is 5.64. The van der Waals surface area contributed by atoms with Gasteiger partial charge in [0, 0.05) is 12.6 Å². The molecular weight excluding hydrogens is 162 g/mol. The number of rotatable bonds is 7. The van der Waals surface area contributed by atoms with Gasteiger partial charge in [0.25, 0.3) is 0 Å². The molecule has 2 nitrogen and oxygen atoms in total. The summed E-state index contributed by atoms with van der Waals surface area (Å²) in [6, 6.07) is 0.405. The Kier molecular flexibility index (Phi) is 6.92. The maximum Gasteiger partial charge on any atom is 0.0728 e. The molecule has 0 aromatic heterocycles. The van der Waals surface area contributed by atoms with Crippen LogP contribution in [0.15, 0.2) is 12.2 Å². The van der Waals surface area contributed by atoms with Gasteiger partial charge in [0.05, 0.1) is 6.10 Å². The largest absolute Gasteiger partial charge is 0.377 e. The molecule has 0 aliphatic heterocycles. The first-order valence-electron chi connectivity index (χ1n) is 5.08. The Hall–Kier alpha value is -0.340. The van der Waals surface area contributed by atoms with E-state index < -0.39 is 0 Å². The molecule has 0 rings (SSSR count). The zero-order valence-electron chi connectivity index (χ0n) is 9.39. The lowest BCUT2D eigenvalue weighted by molar-refractivity contribution is 0.0339. The van der Waals surface area contributed by atoms with Crippen molar-refractivity contribution in [2.75, 3.05) is 13.7 Å². The fourth-order valence-corrected chi connectivity index (χ4v) is 1.53. The average Bonchev–Trinajstić information content (AvgIpc) is 2.10. The Morgan fingerprint density at radius 2 is 2.08 bits per heavy atom. The second kappa shape index (κ2) is 7.10. The van der Waals surface area contributed by atoms with Gasteiger partial charge in [-0.25, -0.2) is 0 Å². The maximum atomic E-state index is 5.64. The van der Waals surface area contributed by atoms with Crippen molar-refractivity contribution in [1.29, 1.82) is 0 Å². The monoisotopic (exact) mass is 185 g/mol. The van der Waals surface area contributed by atoms with Crippen molar-refractivity contribution in [3.63, 3.8) is 0 Å². The van der Waals surface area contributed by atoms with Crippen molar-refractivity contribution in [3.8, 4) is 0 Å². The van der Waals surface area contributed by atoms with Crippen LogP contribution in [0.4, 0.5) is 0 Å². The molecule has 1 N–H and O–H groups in total. The first-order chi connectivity index (χ1) is 6.15. The molecule has 0 saturated carbocycles. The van der Waals surface area contributed by atoms with E-state index in [0.717, 1.165) is 19.4 Å². The van der Waals surface area contributed by atoms with Crippen molar-refractivity contribution < 1.29 is 4.74 Å². The summed E-state index contributed by atoms with van der Waals surface area (Å²) in [7, 11) is 1.98. The van der Waals surface area contributed by atoms with E-state index >= 15 is 0 Å². The number of likely N-dealkylation sites (N-methyl/N-ethyl adjacent to an activating group) is 1. The smallest absolute Gasteiger partial charge is 0.0728 e. The van der Waals surface area contributed by atoms with E-state index in [1.54, 1.807) is 0 Å². The molecule has 0 bridgehead atoms. The summed E-state index contributed by atoms with van der Waals surface area (Å²) >= 11 is 0. The second-order valence-electron chi connectivity index (χ2n) is 3.46. The summed E-state index contributed by atoms with van der Waals surface area (Å²) in [6.45, 7) is 11.0. The molecule has 0 fully saturated rings. The van der Waals surface area contributed by atoms with Gasteiger partial charge < -0.3 is 10.1 Å². The third-order valence-corrected chi connectivity index (χ3v) is 2.17. The zero-order chi connectivity index (χ0) is 10.3. The topological polar surface area (TPSA) is 21.3 Å². The van der Waals surface area contributed by atoms with E-state index in [2.05, 4.69) is 25.7 Å². The molecule has 13 heavy (non-hydrogen) atoms. The predicted molar refractivity (Wildman–Crippen MR) is 58.0 cm³/mol. The predicted octanol–water partition coefficient (Wildman–Crippen LogP) is 2.36. The summed E-state index contributed by atoms with van der Waals surface area (Å²) in [5.41, 5.74) is 1.21. The zero-order valence-corrected chi connectivity index (χ0v) is 9.39. The fourth-order valence-electron chi connectivity index (χ4n) is 1.53. The highest BCUT2D eigenvalue weighted by Gasteiger charge is 2.17. The van der Waals surface area contributed by atoms with Gasteiger partial charge in [-0.2, -0.15) is 0 Å². The first kappa shape index (κ1) is 12.7. The lowest BCUT2D eigenvalue weighted by atomic mass is 10.0. The summed E-state index contributed by atoms with van der Waals surface area (Å²) in [5, 5.41) is 3.28. The van der Waals surface area contributed by atoms with Crippen LogP contribution in [-0.2, 0) is 4.74 Å². The van der Waals surface area contributed by atoms with Gasteiger partial charge >= 0.3 is 0 Å². The summed E-state index contributed by atoms with van der Waals surface area (Å²) in [5.74, 6) is 0. The second-order valence-corrected chi connectivity index (χ2v) is 3.46. The number of hydrogen-bond donors (Lipinski definition) is 1. The van der Waals surface area contributed by atoms with Crippen LogP contribution in [-0.4, -0.2) is 25.8 Å². The minimum absolute atomic E-state index is 0.312. The molecule has 2 atom stereocenters. The van der Waals surface area contributed by atoms with E-state index in [-0.39, 0.29) is 0 Å². The molecule has 0 aromatic carbocycles. The lowest BCUT2D eigenvalue weighted by Crippen LogP contribution is -2.39. The minimum Gasteiger partial charge on any atom is -0.377 e. The standard InChI is InChI=1S/C11H23NO/c1-6-11(13-7-2)10(12-5)8-9(3)4/h10-12H,3,6-8H2,1-2,4-5H3. The Labute approximate surface area is 82.4 Å². The van der Waals surface area contributed by atoms with E-state index in [0.29, 0.717) is 12.1 Å². The van der Waals surface area contributed by atoms with Crippen LogP contribution in [0.3, 0.4) is 0 Å². The quantitative estimate of drug-likeness (QED) is 0.615. The Morgan fingerprint density at radius 1 is 1.46 bits per heavy atom. The third kappa shape index (κ3) is 5.06. The molecule has 0 aromatic rings. The molecule has 0 heterocycles. The van der Waals surface area contributed by atoms with Crippen molar-refractivity contribution in [2.45, 2.75) is 45.8 Å². The van der Waals surface area contributed by atoms with Crippen LogP contribution in [0.5, 0.6) is 0 Å². The highest BCUT2D eigenvalue weighted by molar-refractivity contribution is 4.95. The van der Waals surface area contributed by atoms with Gasteiger partial charge in [-0.1, -0.05) is 12.5 Å². The van der Waals surface area contributed by atoms with Crippen LogP contribution in [0.2, 0.25) is 0 Å². The molecule has 2 unspecified atom stereocenters. The Morgan fingerprint density at radius 3 is 2.38 bits per heavy atom. The average molecular weight is 185 g/mol. The lowest BCUT2D eigenvalue weighted by Gasteiger charge is -2.25. The van der Waals surface area contributed by atoms with Gasteiger partial charge in [0.2, 0.25) is 0 Å². The van der Waals surface area contributed by atoms with Crippen LogP contribution in [0.1, 0.15) is 33.6 Å². The van der Waals surface area contributed by atoms with Gasteiger partial charge in [-0.15, -0.1) is 6.58 Å². The molecule has 0 amide bonds. The van der Waals surface area contributed by atoms with E-state index in [9.17, 15) is 0 Å². The fraction of sp³-hybridized carbons (Fsp3) is 0.818. The highest BCUT2D eigenvalue weighted by Crippen LogP contribution is 2.11. The van der Waals surface area contributed by atoms with Crippen LogP contribution >= 0.6 is 0 Å². The van der Waals surface area contributed by atoms with Crippen LogP contribution < -0.4 is 5.32 Å². The van der Waals surface area contributed by atoms with Crippen molar-refractivity contribution in [3.05, 3.63) is 12.2 Å². The molecule has 78 valence electrons. The number of hydrogen-bond acceptors (Lipinski definition) is 2. The molecule has 0 radical (unpaired) electrons. The minimum atomic E-state index is 0.312. The first-order valence-corrected chi connectivity index (χ1v) is 5.08. The van der Waals surface area contributed by atoms with E-state index in [1.165, 1.54) is 5.57 Å². The molecular formula is C11H23NO. The summed E-state index contributed by atoms with van der Waals surface area (Å²) in [4.78, 5) is 0. The van der Waals surface area contributed by atoms with Crippen LogP contribution in [0.25, 0.3) is 0 Å². The molecule has 0 spiro atoms. The van der Waals surface area contributed by atoms with Crippen LogP contribution in [0, 0.1) is 0 Å². The van der Waals surface area contributed by atoms with Gasteiger partial charge in [-0.3, -0.25) is 0 Å². The van der Waals surface area contributed by atoms with E-state index in [4.69, 9.17) is 4.74 Å². The number of nitrogens with one attached hydrogen (secondary N) is 1. The molecule has 0 aliphatic rings. The van der Waals surface area contributed by atoms with Crippen molar-refractivity contribution in [1.82, 2.24) is 5.32 Å². The highest BCUT2D eigenvalue weighted by atomic mass is 16.5. The Bertz CT molecular complexity index is 145. The van der Waals surface area contributed by atoms with Crippen molar-refractivity contribution >= 4 is 0 Å². The Balaban J connectivity index is 4.07. The summed E-state index contributed by atoms with van der Waals surface area (Å²) in [6.07, 6.45) is 2.36. The van der Waals surface area contributed by atoms with Gasteiger partial charge in [0.15, 0.2) is 0 Å². The van der Waals surface area contributed by atoms with Crippen molar-refractivity contribution in [2.24, 2.45) is 0 Å². The van der Waals surface area contributed by atoms with Gasteiger partial charge in [0.1, 0.15) is 0 Å². The third-order valence-electron chi connectivity index (χ3n) is 2.17. The SMILES string of the molecule is C=C(C)CC(NC)C(CC)OCC. The molecule has 0 aliphatic carbocycles. The number of ether oxygens (including phenoxy) is 1. The normalized spacial score (nSPS) is 15.4. The maximum absolute atomic E-state index is 5.64. The van der Waals surface area contributed by atoms with Gasteiger partial charge in [-0.05, 0) is 33.7 Å². The van der Waals surface area contributed by atoms with E-state index in [1.807, 2.05) is 14.0 Å².